The first-order valence-electron chi connectivity index (χ1n) is 13.6. The SMILES string of the molecule is COc1cc(OC)c(Cl)c(-c2cc3cnc(N[C@@H]4CCOC4)nc3n(CCCN3CCN(C(C)=O)CC3)c2=O)c1Cl. The number of benzene rings is 1. The molecule has 0 saturated carbocycles. The first-order valence-corrected chi connectivity index (χ1v) is 14.4. The van der Waals surface area contributed by atoms with E-state index in [1.54, 1.807) is 29.8 Å². The molecule has 11 nitrogen and oxygen atoms in total. The summed E-state index contributed by atoms with van der Waals surface area (Å²) in [7, 11) is 2.98. The summed E-state index contributed by atoms with van der Waals surface area (Å²) in [6, 6.07) is 3.42. The number of aryl methyl sites for hydroxylation is 1. The number of nitrogens with one attached hydrogen (secondary N) is 1. The van der Waals surface area contributed by atoms with Gasteiger partial charge in [0, 0.05) is 69.5 Å². The van der Waals surface area contributed by atoms with Crippen molar-refractivity contribution in [3.63, 3.8) is 0 Å². The summed E-state index contributed by atoms with van der Waals surface area (Å²) in [5.41, 5.74) is 0.856. The van der Waals surface area contributed by atoms with Gasteiger partial charge in [0.25, 0.3) is 5.56 Å². The monoisotopic (exact) mass is 604 g/mol. The van der Waals surface area contributed by atoms with E-state index in [2.05, 4.69) is 15.2 Å². The number of aromatic nitrogens is 3. The first kappa shape index (κ1) is 29.4. The minimum atomic E-state index is -0.285. The van der Waals surface area contributed by atoms with Crippen molar-refractivity contribution < 1.29 is 19.0 Å². The van der Waals surface area contributed by atoms with Crippen molar-refractivity contribution in [2.45, 2.75) is 32.4 Å². The fourth-order valence-corrected chi connectivity index (χ4v) is 6.01. The molecule has 2 aliphatic rings. The number of carbonyl (C=O) groups is 1. The van der Waals surface area contributed by atoms with Crippen molar-refractivity contribution in [2.75, 3.05) is 65.5 Å². The molecule has 0 aliphatic carbocycles. The van der Waals surface area contributed by atoms with Gasteiger partial charge < -0.3 is 24.4 Å². The Bertz CT molecular complexity index is 1460. The summed E-state index contributed by atoms with van der Waals surface area (Å²) >= 11 is 13.4. The van der Waals surface area contributed by atoms with Crippen LogP contribution in [0.1, 0.15) is 19.8 Å². The number of carbonyl (C=O) groups excluding carboxylic acids is 1. The molecular formula is C28H34Cl2N6O5. The standard InChI is InChI=1S/C28H34Cl2N6O5/c1-17(37)35-10-8-34(9-11-35)6-4-7-36-26-18(15-31-28(33-26)32-19-5-12-41-16-19)13-20(27(36)38)23-24(29)21(39-2)14-22(40-3)25(23)30/h13-15,19H,4-12,16H2,1-3H3,(H,31,32,33)/t19-/m1/s1. The lowest BCUT2D eigenvalue weighted by Crippen LogP contribution is -2.48. The van der Waals surface area contributed by atoms with Crippen LogP contribution < -0.4 is 20.3 Å². The van der Waals surface area contributed by atoms with E-state index in [1.807, 2.05) is 4.90 Å². The molecule has 0 bridgehead atoms. The second-order valence-corrected chi connectivity index (χ2v) is 10.9. The molecule has 4 heterocycles. The van der Waals surface area contributed by atoms with Crippen LogP contribution in [0, 0.1) is 0 Å². The highest BCUT2D eigenvalue weighted by atomic mass is 35.5. The van der Waals surface area contributed by atoms with E-state index < -0.39 is 0 Å². The third-order valence-corrected chi connectivity index (χ3v) is 8.36. The van der Waals surface area contributed by atoms with Crippen LogP contribution in [0.25, 0.3) is 22.2 Å². The van der Waals surface area contributed by atoms with Gasteiger partial charge in [-0.2, -0.15) is 4.98 Å². The number of anilines is 1. The smallest absolute Gasteiger partial charge is 0.260 e. The van der Waals surface area contributed by atoms with Gasteiger partial charge >= 0.3 is 0 Å². The number of halogens is 2. The lowest BCUT2D eigenvalue weighted by molar-refractivity contribution is -0.130. The lowest BCUT2D eigenvalue weighted by atomic mass is 10.0. The summed E-state index contributed by atoms with van der Waals surface area (Å²) < 4.78 is 18.0. The van der Waals surface area contributed by atoms with Crippen LogP contribution in [0.2, 0.25) is 10.0 Å². The minimum Gasteiger partial charge on any atom is -0.495 e. The Balaban J connectivity index is 1.52. The van der Waals surface area contributed by atoms with Gasteiger partial charge in [-0.05, 0) is 25.5 Å². The van der Waals surface area contributed by atoms with Gasteiger partial charge in [0.1, 0.15) is 17.1 Å². The molecule has 1 N–H and O–H groups in total. The molecule has 41 heavy (non-hydrogen) atoms. The number of piperazine rings is 1. The largest absolute Gasteiger partial charge is 0.495 e. The topological polar surface area (TPSA) is 111 Å². The quantitative estimate of drug-likeness (QED) is 0.392. The van der Waals surface area contributed by atoms with Gasteiger partial charge in [-0.15, -0.1) is 0 Å². The molecule has 3 aromatic rings. The Morgan fingerprint density at radius 3 is 2.41 bits per heavy atom. The number of amides is 1. The van der Waals surface area contributed by atoms with Crippen molar-refractivity contribution >= 4 is 46.1 Å². The molecular weight excluding hydrogens is 571 g/mol. The number of hydrogen-bond acceptors (Lipinski definition) is 9. The predicted molar refractivity (Wildman–Crippen MR) is 159 cm³/mol. The Morgan fingerprint density at radius 2 is 1.80 bits per heavy atom. The summed E-state index contributed by atoms with van der Waals surface area (Å²) in [6.07, 6.45) is 3.25. The Kier molecular flexibility index (Phi) is 9.18. The van der Waals surface area contributed by atoms with E-state index in [0.29, 0.717) is 78.9 Å². The van der Waals surface area contributed by atoms with Gasteiger partial charge in [-0.25, -0.2) is 4.98 Å². The van der Waals surface area contributed by atoms with Crippen LogP contribution in [0.3, 0.4) is 0 Å². The first-order chi connectivity index (χ1) is 19.8. The molecule has 13 heteroatoms. The molecule has 1 atom stereocenters. The van der Waals surface area contributed by atoms with Crippen LogP contribution in [0.5, 0.6) is 11.5 Å². The summed E-state index contributed by atoms with van der Waals surface area (Å²) in [5, 5.41) is 4.41. The van der Waals surface area contributed by atoms with Gasteiger partial charge in [-0.1, -0.05) is 23.2 Å². The molecule has 2 aliphatic heterocycles. The van der Waals surface area contributed by atoms with Crippen LogP contribution in [0.15, 0.2) is 23.1 Å². The normalized spacial score (nSPS) is 17.7. The number of fused-ring (bicyclic) bond motifs is 1. The molecule has 0 unspecified atom stereocenters. The van der Waals surface area contributed by atoms with Crippen molar-refractivity contribution in [3.8, 4) is 22.6 Å². The Labute approximate surface area is 248 Å². The van der Waals surface area contributed by atoms with Gasteiger partial charge in [0.2, 0.25) is 11.9 Å². The lowest BCUT2D eigenvalue weighted by Gasteiger charge is -2.34. The molecule has 2 aromatic heterocycles. The second kappa shape index (κ2) is 12.8. The zero-order chi connectivity index (χ0) is 29.1. The molecule has 2 fully saturated rings. The average molecular weight is 606 g/mol. The van der Waals surface area contributed by atoms with E-state index in [1.165, 1.54) is 14.2 Å². The van der Waals surface area contributed by atoms with E-state index in [9.17, 15) is 9.59 Å². The molecule has 1 aromatic carbocycles. The highest BCUT2D eigenvalue weighted by molar-refractivity contribution is 6.41. The van der Waals surface area contributed by atoms with Crippen molar-refractivity contribution in [1.82, 2.24) is 24.3 Å². The van der Waals surface area contributed by atoms with E-state index >= 15 is 0 Å². The van der Waals surface area contributed by atoms with Crippen LogP contribution >= 0.6 is 23.2 Å². The summed E-state index contributed by atoms with van der Waals surface area (Å²) in [4.78, 5) is 39.3. The van der Waals surface area contributed by atoms with Crippen LogP contribution in [-0.2, 0) is 16.1 Å². The minimum absolute atomic E-state index is 0.0965. The molecule has 0 spiro atoms. The summed E-state index contributed by atoms with van der Waals surface area (Å²) in [6.45, 7) is 7.05. The number of rotatable bonds is 9. The third-order valence-electron chi connectivity index (χ3n) is 7.61. The average Bonchev–Trinajstić information content (AvgIpc) is 3.48. The second-order valence-electron chi connectivity index (χ2n) is 10.2. The predicted octanol–water partition coefficient (Wildman–Crippen LogP) is 3.54. The van der Waals surface area contributed by atoms with Gasteiger partial charge in [0.05, 0.1) is 42.5 Å². The van der Waals surface area contributed by atoms with Gasteiger partial charge in [0.15, 0.2) is 0 Å². The Hall–Kier alpha value is -3.12. The zero-order valence-corrected chi connectivity index (χ0v) is 24.9. The Morgan fingerprint density at radius 1 is 1.10 bits per heavy atom. The van der Waals surface area contributed by atoms with Crippen LogP contribution in [0.4, 0.5) is 5.95 Å². The molecule has 0 radical (unpaired) electrons. The zero-order valence-electron chi connectivity index (χ0n) is 23.4. The van der Waals surface area contributed by atoms with Crippen LogP contribution in [-0.4, -0.2) is 96.4 Å². The highest BCUT2D eigenvalue weighted by Crippen LogP contribution is 2.45. The summed E-state index contributed by atoms with van der Waals surface area (Å²) in [5.74, 6) is 1.22. The highest BCUT2D eigenvalue weighted by Gasteiger charge is 2.24. The maximum absolute atomic E-state index is 14.1. The van der Waals surface area contributed by atoms with Crippen molar-refractivity contribution in [2.24, 2.45) is 0 Å². The third kappa shape index (κ3) is 6.23. The maximum atomic E-state index is 14.1. The molecule has 2 saturated heterocycles. The molecule has 1 amide bonds. The number of hydrogen-bond donors (Lipinski definition) is 1. The van der Waals surface area contributed by atoms with Crippen molar-refractivity contribution in [1.29, 1.82) is 0 Å². The number of pyridine rings is 1. The maximum Gasteiger partial charge on any atom is 0.260 e. The van der Waals surface area contributed by atoms with Crippen molar-refractivity contribution in [3.05, 3.63) is 38.7 Å². The van der Waals surface area contributed by atoms with E-state index in [4.69, 9.17) is 42.4 Å². The fourth-order valence-electron chi connectivity index (χ4n) is 5.31. The van der Waals surface area contributed by atoms with E-state index in [0.717, 1.165) is 26.1 Å². The fraction of sp³-hybridized carbons (Fsp3) is 0.500. The molecule has 220 valence electrons. The molecule has 5 rings (SSSR count). The van der Waals surface area contributed by atoms with Gasteiger partial charge in [-0.3, -0.25) is 19.1 Å². The van der Waals surface area contributed by atoms with E-state index in [-0.39, 0.29) is 27.6 Å². The number of nitrogens with zero attached hydrogens (tertiary/aromatic N) is 5. The number of methoxy groups -OCH3 is 2. The number of ether oxygens (including phenoxy) is 3.